The van der Waals surface area contributed by atoms with Gasteiger partial charge in [-0.2, -0.15) is 0 Å². The highest BCUT2D eigenvalue weighted by atomic mass is 35.5. The fourth-order valence-corrected chi connectivity index (χ4v) is 1.97. The number of halogens is 1. The van der Waals surface area contributed by atoms with Gasteiger partial charge in [0.2, 0.25) is 0 Å². The van der Waals surface area contributed by atoms with Crippen LogP contribution in [0.3, 0.4) is 0 Å². The summed E-state index contributed by atoms with van der Waals surface area (Å²) in [5, 5.41) is 10.5. The summed E-state index contributed by atoms with van der Waals surface area (Å²) in [4.78, 5) is 14.0. The van der Waals surface area contributed by atoms with Crippen LogP contribution in [0.4, 0.5) is 0 Å². The minimum absolute atomic E-state index is 0.327. The van der Waals surface area contributed by atoms with Crippen LogP contribution in [0.5, 0.6) is 0 Å². The van der Waals surface area contributed by atoms with Gasteiger partial charge in [-0.25, -0.2) is 4.79 Å². The van der Waals surface area contributed by atoms with E-state index in [-0.39, 0.29) is 0 Å². The Balaban J connectivity index is 2.33. The molecule has 4 nitrogen and oxygen atoms in total. The van der Waals surface area contributed by atoms with Crippen LogP contribution in [0.1, 0.15) is 5.56 Å². The Morgan fingerprint density at radius 2 is 2.35 bits per heavy atom. The normalized spacial score (nSPS) is 12.8. The molecule has 0 radical (unpaired) electrons. The number of carbonyl (C=O) groups is 1. The minimum Gasteiger partial charge on any atom is -0.479 e. The summed E-state index contributed by atoms with van der Waals surface area (Å²) >= 11 is 5.87. The molecule has 1 aromatic carbocycles. The van der Waals surface area contributed by atoms with Crippen LogP contribution in [0.2, 0.25) is 5.02 Å². The van der Waals surface area contributed by atoms with Gasteiger partial charge in [0.05, 0.1) is 0 Å². The number of H-pyrrole nitrogens is 1. The molecule has 0 saturated carbocycles. The maximum absolute atomic E-state index is 10.9. The first-order valence-electron chi connectivity index (χ1n) is 5.13. The van der Waals surface area contributed by atoms with Gasteiger partial charge >= 0.3 is 5.97 Å². The molecule has 0 saturated heterocycles. The van der Waals surface area contributed by atoms with Crippen LogP contribution in [0, 0.1) is 0 Å². The number of aromatic amines is 1. The molecule has 0 unspecified atom stereocenters. The average Bonchev–Trinajstić information content (AvgIpc) is 2.67. The Morgan fingerprint density at radius 3 is 3.00 bits per heavy atom. The van der Waals surface area contributed by atoms with Crippen molar-refractivity contribution in [1.29, 1.82) is 0 Å². The van der Waals surface area contributed by atoms with Crippen LogP contribution in [-0.2, 0) is 16.0 Å². The van der Waals surface area contributed by atoms with E-state index < -0.39 is 12.1 Å². The largest absolute Gasteiger partial charge is 0.479 e. The van der Waals surface area contributed by atoms with Crippen molar-refractivity contribution in [3.05, 3.63) is 35.0 Å². The quantitative estimate of drug-likeness (QED) is 0.880. The van der Waals surface area contributed by atoms with Crippen molar-refractivity contribution in [3.63, 3.8) is 0 Å². The number of hydrogen-bond donors (Lipinski definition) is 2. The summed E-state index contributed by atoms with van der Waals surface area (Å²) in [7, 11) is 1.39. The molecule has 17 heavy (non-hydrogen) atoms. The van der Waals surface area contributed by atoms with E-state index in [0.29, 0.717) is 11.4 Å². The Hall–Kier alpha value is -1.52. The Morgan fingerprint density at radius 1 is 1.59 bits per heavy atom. The van der Waals surface area contributed by atoms with Crippen molar-refractivity contribution in [2.24, 2.45) is 0 Å². The van der Waals surface area contributed by atoms with Crippen molar-refractivity contribution in [3.8, 4) is 0 Å². The summed E-state index contributed by atoms with van der Waals surface area (Å²) in [6.07, 6.45) is 1.29. The maximum Gasteiger partial charge on any atom is 0.333 e. The second kappa shape index (κ2) is 4.77. The molecule has 90 valence electrons. The zero-order valence-electron chi connectivity index (χ0n) is 9.24. The van der Waals surface area contributed by atoms with Gasteiger partial charge in [-0.3, -0.25) is 0 Å². The molecule has 0 aliphatic carbocycles. The van der Waals surface area contributed by atoms with Crippen LogP contribution in [0.25, 0.3) is 10.9 Å². The molecule has 5 heteroatoms. The lowest BCUT2D eigenvalue weighted by atomic mass is 10.1. The number of ether oxygens (including phenoxy) is 1. The number of carboxylic acid groups (broad SMARTS) is 1. The summed E-state index contributed by atoms with van der Waals surface area (Å²) in [5.74, 6) is -0.962. The van der Waals surface area contributed by atoms with E-state index >= 15 is 0 Å². The number of aliphatic carboxylic acids is 1. The van der Waals surface area contributed by atoms with Crippen LogP contribution < -0.4 is 0 Å². The SMILES string of the molecule is CO[C@@H](Cc1c[nH]c2cc(Cl)ccc12)C(=O)O. The van der Waals surface area contributed by atoms with Gasteiger partial charge in [0.15, 0.2) is 6.10 Å². The van der Waals surface area contributed by atoms with Crippen molar-refractivity contribution in [2.45, 2.75) is 12.5 Å². The molecule has 0 aliphatic heterocycles. The predicted molar refractivity (Wildman–Crippen MR) is 65.4 cm³/mol. The van der Waals surface area contributed by atoms with E-state index in [1.54, 1.807) is 12.3 Å². The fraction of sp³-hybridized carbons (Fsp3) is 0.250. The minimum atomic E-state index is -0.962. The summed E-state index contributed by atoms with van der Waals surface area (Å²) in [6.45, 7) is 0. The molecule has 2 rings (SSSR count). The predicted octanol–water partition coefficient (Wildman–Crippen LogP) is 2.46. The van der Waals surface area contributed by atoms with E-state index in [9.17, 15) is 4.79 Å². The molecule has 0 bridgehead atoms. The lowest BCUT2D eigenvalue weighted by molar-refractivity contribution is -0.148. The van der Waals surface area contributed by atoms with Gasteiger partial charge < -0.3 is 14.8 Å². The van der Waals surface area contributed by atoms with Crippen molar-refractivity contribution >= 4 is 28.5 Å². The lowest BCUT2D eigenvalue weighted by Gasteiger charge is -2.09. The van der Waals surface area contributed by atoms with E-state index in [1.165, 1.54) is 7.11 Å². The summed E-state index contributed by atoms with van der Waals surface area (Å²) in [6, 6.07) is 5.46. The third-order valence-electron chi connectivity index (χ3n) is 2.69. The molecule has 1 heterocycles. The first-order valence-corrected chi connectivity index (χ1v) is 5.50. The first-order chi connectivity index (χ1) is 8.11. The number of rotatable bonds is 4. The number of nitrogens with one attached hydrogen (secondary N) is 1. The molecule has 1 atom stereocenters. The van der Waals surface area contributed by atoms with Crippen molar-refractivity contribution < 1.29 is 14.6 Å². The number of carboxylic acids is 1. The standard InChI is InChI=1S/C12H12ClNO3/c1-17-11(12(15)16)4-7-6-14-10-5-8(13)2-3-9(7)10/h2-3,5-6,11,14H,4H2,1H3,(H,15,16)/t11-/m0/s1. The Bertz CT molecular complexity index is 550. The van der Waals surface area contributed by atoms with Gasteiger partial charge in [0.25, 0.3) is 0 Å². The molecule has 0 spiro atoms. The van der Waals surface area contributed by atoms with Gasteiger partial charge in [0, 0.05) is 35.7 Å². The highest BCUT2D eigenvalue weighted by Gasteiger charge is 2.18. The maximum atomic E-state index is 10.9. The van der Waals surface area contributed by atoms with E-state index in [0.717, 1.165) is 16.5 Å². The summed E-state index contributed by atoms with van der Waals surface area (Å²) < 4.78 is 4.92. The molecule has 0 fully saturated rings. The van der Waals surface area contributed by atoms with Gasteiger partial charge in [0.1, 0.15) is 0 Å². The van der Waals surface area contributed by atoms with Crippen molar-refractivity contribution in [1.82, 2.24) is 4.98 Å². The topological polar surface area (TPSA) is 62.3 Å². The molecule has 0 aliphatic rings. The third kappa shape index (κ3) is 2.43. The van der Waals surface area contributed by atoms with Gasteiger partial charge in [-0.15, -0.1) is 0 Å². The Labute approximate surface area is 103 Å². The molecule has 0 amide bonds. The fourth-order valence-electron chi connectivity index (χ4n) is 1.80. The van der Waals surface area contributed by atoms with Crippen molar-refractivity contribution in [2.75, 3.05) is 7.11 Å². The number of benzene rings is 1. The molecular formula is C12H12ClNO3. The second-order valence-corrected chi connectivity index (χ2v) is 4.21. The smallest absolute Gasteiger partial charge is 0.333 e. The van der Waals surface area contributed by atoms with E-state index in [2.05, 4.69) is 4.98 Å². The lowest BCUT2D eigenvalue weighted by Crippen LogP contribution is -2.24. The van der Waals surface area contributed by atoms with Crippen LogP contribution in [-0.4, -0.2) is 29.3 Å². The summed E-state index contributed by atoms with van der Waals surface area (Å²) in [5.41, 5.74) is 1.80. The zero-order valence-corrected chi connectivity index (χ0v) is 9.99. The van der Waals surface area contributed by atoms with Gasteiger partial charge in [-0.05, 0) is 17.7 Å². The first kappa shape index (κ1) is 12.0. The van der Waals surface area contributed by atoms with E-state index in [4.69, 9.17) is 21.4 Å². The van der Waals surface area contributed by atoms with E-state index in [1.807, 2.05) is 12.1 Å². The molecule has 1 aromatic heterocycles. The molecule has 2 aromatic rings. The monoisotopic (exact) mass is 253 g/mol. The third-order valence-corrected chi connectivity index (χ3v) is 2.93. The van der Waals surface area contributed by atoms with Crippen LogP contribution in [0.15, 0.2) is 24.4 Å². The average molecular weight is 254 g/mol. The molecular weight excluding hydrogens is 242 g/mol. The zero-order chi connectivity index (χ0) is 12.4. The second-order valence-electron chi connectivity index (χ2n) is 3.77. The molecule has 2 N–H and O–H groups in total. The number of hydrogen-bond acceptors (Lipinski definition) is 2. The Kier molecular flexibility index (Phi) is 3.36. The number of methoxy groups -OCH3 is 1. The number of fused-ring (bicyclic) bond motifs is 1. The number of aromatic nitrogens is 1. The highest BCUT2D eigenvalue weighted by Crippen LogP contribution is 2.23. The van der Waals surface area contributed by atoms with Crippen LogP contribution >= 0.6 is 11.6 Å². The van der Waals surface area contributed by atoms with Gasteiger partial charge in [-0.1, -0.05) is 17.7 Å². The highest BCUT2D eigenvalue weighted by molar-refractivity contribution is 6.31.